The van der Waals surface area contributed by atoms with Crippen molar-refractivity contribution >= 4 is 21.9 Å². The molecule has 0 saturated heterocycles. The lowest BCUT2D eigenvalue weighted by Gasteiger charge is -1.96. The van der Waals surface area contributed by atoms with E-state index in [-0.39, 0.29) is 11.3 Å². The van der Waals surface area contributed by atoms with E-state index in [1.165, 1.54) is 0 Å². The van der Waals surface area contributed by atoms with Gasteiger partial charge in [0.2, 0.25) is 11.7 Å². The number of hydrogen-bond donors (Lipinski definition) is 1. The molecule has 2 atom stereocenters. The summed E-state index contributed by atoms with van der Waals surface area (Å²) in [6, 6.07) is 7.57. The van der Waals surface area contributed by atoms with Crippen molar-refractivity contribution in [1.82, 2.24) is 10.1 Å². The molecule has 1 saturated carbocycles. The SMILES string of the molecule is CC1(C)C(C(=O)O)C1c1nc(-c2cccc(Br)c2)no1. The van der Waals surface area contributed by atoms with Gasteiger partial charge in [0.05, 0.1) is 11.8 Å². The minimum atomic E-state index is -0.817. The van der Waals surface area contributed by atoms with E-state index in [4.69, 9.17) is 4.52 Å². The lowest BCUT2D eigenvalue weighted by Crippen LogP contribution is -2.03. The van der Waals surface area contributed by atoms with Crippen molar-refractivity contribution in [3.63, 3.8) is 0 Å². The van der Waals surface area contributed by atoms with E-state index in [9.17, 15) is 9.90 Å². The first-order valence-electron chi connectivity index (χ1n) is 6.23. The van der Waals surface area contributed by atoms with Gasteiger partial charge >= 0.3 is 5.97 Å². The Bertz CT molecular complexity index is 681. The van der Waals surface area contributed by atoms with Crippen molar-refractivity contribution in [3.8, 4) is 11.4 Å². The largest absolute Gasteiger partial charge is 0.481 e. The topological polar surface area (TPSA) is 76.2 Å². The van der Waals surface area contributed by atoms with Gasteiger partial charge in [0.15, 0.2) is 0 Å². The molecule has 1 aromatic heterocycles. The first-order valence-corrected chi connectivity index (χ1v) is 7.03. The summed E-state index contributed by atoms with van der Waals surface area (Å²) in [5, 5.41) is 13.1. The van der Waals surface area contributed by atoms with Gasteiger partial charge in [-0.15, -0.1) is 0 Å². The van der Waals surface area contributed by atoms with Crippen LogP contribution in [0, 0.1) is 11.3 Å². The fourth-order valence-corrected chi connectivity index (χ4v) is 3.07. The highest BCUT2D eigenvalue weighted by molar-refractivity contribution is 9.10. The number of rotatable bonds is 3. The third kappa shape index (κ3) is 2.04. The van der Waals surface area contributed by atoms with Crippen LogP contribution in [0.1, 0.15) is 25.7 Å². The Hall–Kier alpha value is -1.69. The Labute approximate surface area is 124 Å². The van der Waals surface area contributed by atoms with Crippen LogP contribution in [0.2, 0.25) is 0 Å². The Kier molecular flexibility index (Phi) is 2.93. The number of benzene rings is 1. The van der Waals surface area contributed by atoms with Gasteiger partial charge in [-0.25, -0.2) is 0 Å². The molecule has 5 nitrogen and oxygen atoms in total. The number of aromatic nitrogens is 2. The van der Waals surface area contributed by atoms with Gasteiger partial charge in [0.25, 0.3) is 0 Å². The van der Waals surface area contributed by atoms with E-state index in [1.54, 1.807) is 0 Å². The van der Waals surface area contributed by atoms with Crippen LogP contribution in [0.15, 0.2) is 33.3 Å². The number of aliphatic carboxylic acids is 1. The second-order valence-electron chi connectivity index (χ2n) is 5.58. The van der Waals surface area contributed by atoms with Gasteiger partial charge < -0.3 is 9.63 Å². The first kappa shape index (κ1) is 13.3. The zero-order valence-corrected chi connectivity index (χ0v) is 12.6. The van der Waals surface area contributed by atoms with Crippen LogP contribution in [-0.2, 0) is 4.79 Å². The first-order chi connectivity index (χ1) is 9.41. The highest BCUT2D eigenvalue weighted by Crippen LogP contribution is 2.64. The Morgan fingerprint density at radius 2 is 2.20 bits per heavy atom. The van der Waals surface area contributed by atoms with Crippen molar-refractivity contribution in [2.75, 3.05) is 0 Å². The molecule has 20 heavy (non-hydrogen) atoms. The van der Waals surface area contributed by atoms with Gasteiger partial charge in [-0.05, 0) is 17.5 Å². The third-order valence-corrected chi connectivity index (χ3v) is 4.38. The average Bonchev–Trinajstić information content (AvgIpc) is 2.73. The highest BCUT2D eigenvalue weighted by Gasteiger charge is 2.65. The lowest BCUT2D eigenvalue weighted by atomic mass is 10.1. The lowest BCUT2D eigenvalue weighted by molar-refractivity contribution is -0.139. The summed E-state index contributed by atoms with van der Waals surface area (Å²) in [6.07, 6.45) is 0. The smallest absolute Gasteiger partial charge is 0.307 e. The summed E-state index contributed by atoms with van der Waals surface area (Å²) in [4.78, 5) is 15.5. The van der Waals surface area contributed by atoms with Gasteiger partial charge in [-0.1, -0.05) is 47.1 Å². The van der Waals surface area contributed by atoms with Gasteiger partial charge in [0, 0.05) is 10.0 Å². The number of carboxylic acids is 1. The number of hydrogen-bond acceptors (Lipinski definition) is 4. The normalized spacial score (nSPS) is 23.6. The van der Waals surface area contributed by atoms with Crippen molar-refractivity contribution in [2.24, 2.45) is 11.3 Å². The molecule has 1 aliphatic carbocycles. The van der Waals surface area contributed by atoms with Crippen molar-refractivity contribution < 1.29 is 14.4 Å². The Morgan fingerprint density at radius 1 is 1.45 bits per heavy atom. The molecule has 1 aromatic carbocycles. The van der Waals surface area contributed by atoms with Crippen LogP contribution in [0.4, 0.5) is 0 Å². The van der Waals surface area contributed by atoms with E-state index in [0.29, 0.717) is 11.7 Å². The van der Waals surface area contributed by atoms with Gasteiger partial charge in [-0.2, -0.15) is 4.98 Å². The summed E-state index contributed by atoms with van der Waals surface area (Å²) in [7, 11) is 0. The van der Waals surface area contributed by atoms with E-state index >= 15 is 0 Å². The second-order valence-corrected chi connectivity index (χ2v) is 6.50. The number of halogens is 1. The maximum absolute atomic E-state index is 11.2. The summed E-state index contributed by atoms with van der Waals surface area (Å²) < 4.78 is 6.19. The molecular formula is C14H13BrN2O3. The zero-order chi connectivity index (χ0) is 14.5. The minimum absolute atomic E-state index is 0.214. The van der Waals surface area contributed by atoms with E-state index in [2.05, 4.69) is 26.1 Å². The van der Waals surface area contributed by atoms with E-state index in [0.717, 1.165) is 10.0 Å². The van der Waals surface area contributed by atoms with Crippen LogP contribution in [0.3, 0.4) is 0 Å². The number of carbonyl (C=O) groups is 1. The molecule has 104 valence electrons. The summed E-state index contributed by atoms with van der Waals surface area (Å²) in [5.74, 6) is -0.612. The molecule has 1 fully saturated rings. The Morgan fingerprint density at radius 3 is 2.80 bits per heavy atom. The molecule has 1 aliphatic rings. The molecule has 0 spiro atoms. The van der Waals surface area contributed by atoms with Crippen LogP contribution in [-0.4, -0.2) is 21.2 Å². The molecule has 2 unspecified atom stereocenters. The predicted octanol–water partition coefficient (Wildman–Crippen LogP) is 3.32. The maximum atomic E-state index is 11.2. The van der Waals surface area contributed by atoms with Crippen LogP contribution >= 0.6 is 15.9 Å². The quantitative estimate of drug-likeness (QED) is 0.930. The number of nitrogens with zero attached hydrogens (tertiary/aromatic N) is 2. The third-order valence-electron chi connectivity index (χ3n) is 3.88. The highest BCUT2D eigenvalue weighted by atomic mass is 79.9. The molecule has 1 N–H and O–H groups in total. The minimum Gasteiger partial charge on any atom is -0.481 e. The monoisotopic (exact) mass is 336 g/mol. The van der Waals surface area contributed by atoms with Crippen LogP contribution < -0.4 is 0 Å². The number of carboxylic acid groups (broad SMARTS) is 1. The summed E-state index contributed by atoms with van der Waals surface area (Å²) >= 11 is 3.39. The molecule has 0 aliphatic heterocycles. The fraction of sp³-hybridized carbons (Fsp3) is 0.357. The fourth-order valence-electron chi connectivity index (χ4n) is 2.67. The van der Waals surface area contributed by atoms with Gasteiger partial charge in [0.1, 0.15) is 0 Å². The molecule has 1 heterocycles. The predicted molar refractivity (Wildman–Crippen MR) is 75.1 cm³/mol. The van der Waals surface area contributed by atoms with Crippen molar-refractivity contribution in [3.05, 3.63) is 34.6 Å². The molecule has 3 rings (SSSR count). The zero-order valence-electron chi connectivity index (χ0n) is 11.0. The maximum Gasteiger partial charge on any atom is 0.307 e. The van der Waals surface area contributed by atoms with Gasteiger partial charge in [-0.3, -0.25) is 4.79 Å². The molecule has 2 aromatic rings. The molecular weight excluding hydrogens is 324 g/mol. The molecule has 0 radical (unpaired) electrons. The van der Waals surface area contributed by atoms with E-state index < -0.39 is 11.9 Å². The molecule has 0 amide bonds. The standard InChI is InChI=1S/C14H13BrN2O3/c1-14(2)9(10(14)13(18)19)12-16-11(17-20-12)7-4-3-5-8(15)6-7/h3-6,9-10H,1-2H3,(H,18,19). The van der Waals surface area contributed by atoms with Crippen LogP contribution in [0.5, 0.6) is 0 Å². The molecule has 6 heteroatoms. The average molecular weight is 337 g/mol. The summed E-state index contributed by atoms with van der Waals surface area (Å²) in [6.45, 7) is 3.80. The Balaban J connectivity index is 1.91. The van der Waals surface area contributed by atoms with Crippen LogP contribution in [0.25, 0.3) is 11.4 Å². The van der Waals surface area contributed by atoms with E-state index in [1.807, 2.05) is 38.1 Å². The second kappa shape index (κ2) is 4.41. The molecule has 0 bridgehead atoms. The van der Waals surface area contributed by atoms with Crippen molar-refractivity contribution in [1.29, 1.82) is 0 Å². The summed E-state index contributed by atoms with van der Waals surface area (Å²) in [5.41, 5.74) is 0.493. The van der Waals surface area contributed by atoms with Crippen molar-refractivity contribution in [2.45, 2.75) is 19.8 Å².